The van der Waals surface area contributed by atoms with Gasteiger partial charge in [-0.1, -0.05) is 23.2 Å². The lowest BCUT2D eigenvalue weighted by Crippen LogP contribution is -2.44. The third kappa shape index (κ3) is 4.75. The molecule has 1 fully saturated rings. The minimum Gasteiger partial charge on any atom is -0.482 e. The molecule has 4 rings (SSSR count). The van der Waals surface area contributed by atoms with Crippen molar-refractivity contribution in [2.75, 3.05) is 43.9 Å². The van der Waals surface area contributed by atoms with Gasteiger partial charge in [-0.05, 0) is 44.3 Å². The number of hydrogen-bond acceptors (Lipinski definition) is 6. The molecular weight excluding hydrogens is 452 g/mol. The molecule has 1 atom stereocenters. The van der Waals surface area contributed by atoms with Crippen LogP contribution < -0.4 is 15.4 Å². The molecule has 0 aliphatic carbocycles. The summed E-state index contributed by atoms with van der Waals surface area (Å²) in [6, 6.07) is 8.46. The van der Waals surface area contributed by atoms with Crippen molar-refractivity contribution in [3.63, 3.8) is 0 Å². The zero-order valence-electron chi connectivity index (χ0n) is 17.9. The van der Waals surface area contributed by atoms with Crippen molar-refractivity contribution in [1.82, 2.24) is 14.9 Å². The van der Waals surface area contributed by atoms with Gasteiger partial charge in [0.1, 0.15) is 17.7 Å². The summed E-state index contributed by atoms with van der Waals surface area (Å²) in [6.07, 6.45) is 2.85. The van der Waals surface area contributed by atoms with Crippen molar-refractivity contribution in [1.29, 1.82) is 0 Å². The number of aromatic nitrogens is 2. The normalized spacial score (nSPS) is 15.6. The number of likely N-dealkylation sites (N-methyl/N-ethyl adjacent to an activating group) is 1. The molecule has 32 heavy (non-hydrogen) atoms. The van der Waals surface area contributed by atoms with Crippen LogP contribution in [0.5, 0.6) is 5.75 Å². The molecule has 1 aliphatic heterocycles. The van der Waals surface area contributed by atoms with E-state index in [1.54, 1.807) is 19.2 Å². The van der Waals surface area contributed by atoms with Gasteiger partial charge in [0.2, 0.25) is 0 Å². The van der Waals surface area contributed by atoms with Crippen LogP contribution in [0.2, 0.25) is 10.0 Å². The van der Waals surface area contributed by atoms with Gasteiger partial charge >= 0.3 is 0 Å². The summed E-state index contributed by atoms with van der Waals surface area (Å²) in [5, 5.41) is 0.242. The second kappa shape index (κ2) is 9.48. The molecule has 2 aromatic heterocycles. The maximum Gasteiger partial charge on any atom is 0.166 e. The smallest absolute Gasteiger partial charge is 0.166 e. The number of piperazine rings is 1. The van der Waals surface area contributed by atoms with Crippen molar-refractivity contribution in [3.05, 3.63) is 64.2 Å². The van der Waals surface area contributed by atoms with Gasteiger partial charge in [-0.25, -0.2) is 14.4 Å². The molecule has 0 saturated carbocycles. The van der Waals surface area contributed by atoms with Gasteiger partial charge in [-0.2, -0.15) is 0 Å². The Labute approximate surface area is 196 Å². The molecule has 0 bridgehead atoms. The zero-order chi connectivity index (χ0) is 22.8. The van der Waals surface area contributed by atoms with Gasteiger partial charge in [0.15, 0.2) is 11.6 Å². The zero-order valence-corrected chi connectivity index (χ0v) is 19.4. The second-order valence-electron chi connectivity index (χ2n) is 7.82. The van der Waals surface area contributed by atoms with E-state index in [0.717, 1.165) is 43.1 Å². The Hall–Kier alpha value is -2.61. The highest BCUT2D eigenvalue weighted by Crippen LogP contribution is 2.37. The van der Waals surface area contributed by atoms with E-state index < -0.39 is 11.9 Å². The molecule has 2 N–H and O–H groups in total. The average molecular weight is 476 g/mol. The number of nitrogens with zero attached hydrogens (tertiary/aromatic N) is 4. The molecule has 0 spiro atoms. The lowest BCUT2D eigenvalue weighted by Gasteiger charge is -2.33. The monoisotopic (exact) mass is 475 g/mol. The fourth-order valence-corrected chi connectivity index (χ4v) is 4.33. The van der Waals surface area contributed by atoms with Crippen LogP contribution >= 0.6 is 23.2 Å². The number of nitrogens with two attached hydrogens (primary N) is 1. The van der Waals surface area contributed by atoms with Crippen molar-refractivity contribution >= 4 is 34.8 Å². The number of pyridine rings is 2. The summed E-state index contributed by atoms with van der Waals surface area (Å²) in [4.78, 5) is 13.5. The Bertz CT molecular complexity index is 1100. The second-order valence-corrected chi connectivity index (χ2v) is 8.60. The predicted octanol–water partition coefficient (Wildman–Crippen LogP) is 5.06. The van der Waals surface area contributed by atoms with Crippen LogP contribution in [-0.2, 0) is 0 Å². The number of halogens is 3. The topological polar surface area (TPSA) is 67.5 Å². The summed E-state index contributed by atoms with van der Waals surface area (Å²) < 4.78 is 19.9. The Balaban J connectivity index is 1.55. The molecule has 1 aliphatic rings. The van der Waals surface area contributed by atoms with Crippen molar-refractivity contribution in [2.45, 2.75) is 13.0 Å². The quantitative estimate of drug-likeness (QED) is 0.519. The van der Waals surface area contributed by atoms with Crippen LogP contribution in [0.1, 0.15) is 18.6 Å². The fourth-order valence-electron chi connectivity index (χ4n) is 3.65. The van der Waals surface area contributed by atoms with Crippen molar-refractivity contribution in [3.8, 4) is 16.9 Å². The number of ether oxygens (including phenoxy) is 1. The van der Waals surface area contributed by atoms with E-state index in [-0.39, 0.29) is 10.8 Å². The van der Waals surface area contributed by atoms with Gasteiger partial charge in [-0.15, -0.1) is 0 Å². The number of rotatable bonds is 5. The largest absolute Gasteiger partial charge is 0.482 e. The first-order chi connectivity index (χ1) is 15.3. The number of anilines is 2. The molecule has 9 heteroatoms. The molecule has 3 aromatic rings. The van der Waals surface area contributed by atoms with Crippen molar-refractivity contribution in [2.24, 2.45) is 0 Å². The molecule has 1 aromatic carbocycles. The number of hydrogen-bond donors (Lipinski definition) is 1. The lowest BCUT2D eigenvalue weighted by molar-refractivity contribution is 0.227. The van der Waals surface area contributed by atoms with E-state index in [1.807, 2.05) is 18.3 Å². The maximum absolute atomic E-state index is 13.9. The van der Waals surface area contributed by atoms with Crippen LogP contribution in [0.3, 0.4) is 0 Å². The predicted molar refractivity (Wildman–Crippen MR) is 127 cm³/mol. The SMILES string of the molecule is CC(Oc1cc(-c2ccc(N3CCN(C)CC3)nc2)cnc1N)c1c(Cl)ccc(F)c1Cl. The minimum absolute atomic E-state index is 0.0728. The molecule has 1 saturated heterocycles. The van der Waals surface area contributed by atoms with Crippen LogP contribution in [0.15, 0.2) is 42.7 Å². The number of benzene rings is 1. The van der Waals surface area contributed by atoms with E-state index in [1.165, 1.54) is 12.1 Å². The van der Waals surface area contributed by atoms with Crippen LogP contribution in [-0.4, -0.2) is 48.1 Å². The van der Waals surface area contributed by atoms with Gasteiger partial charge < -0.3 is 20.3 Å². The van der Waals surface area contributed by atoms with E-state index in [4.69, 9.17) is 33.7 Å². The highest BCUT2D eigenvalue weighted by molar-refractivity contribution is 6.36. The van der Waals surface area contributed by atoms with E-state index in [0.29, 0.717) is 16.3 Å². The first kappa shape index (κ1) is 22.6. The molecule has 0 radical (unpaired) electrons. The summed E-state index contributed by atoms with van der Waals surface area (Å²) in [7, 11) is 2.12. The summed E-state index contributed by atoms with van der Waals surface area (Å²) in [5.74, 6) is 0.958. The summed E-state index contributed by atoms with van der Waals surface area (Å²) in [6.45, 7) is 5.67. The van der Waals surface area contributed by atoms with Gasteiger partial charge in [0.25, 0.3) is 0 Å². The Kier molecular flexibility index (Phi) is 6.69. The Morgan fingerprint density at radius 2 is 1.75 bits per heavy atom. The summed E-state index contributed by atoms with van der Waals surface area (Å²) in [5.41, 5.74) is 8.07. The first-order valence-corrected chi connectivity index (χ1v) is 11.0. The van der Waals surface area contributed by atoms with E-state index >= 15 is 0 Å². The van der Waals surface area contributed by atoms with E-state index in [2.05, 4.69) is 26.8 Å². The Morgan fingerprint density at radius 3 is 2.44 bits per heavy atom. The highest BCUT2D eigenvalue weighted by atomic mass is 35.5. The van der Waals surface area contributed by atoms with Crippen LogP contribution in [0.4, 0.5) is 16.0 Å². The summed E-state index contributed by atoms with van der Waals surface area (Å²) >= 11 is 12.3. The third-order valence-corrected chi connectivity index (χ3v) is 6.29. The van der Waals surface area contributed by atoms with Crippen LogP contribution in [0, 0.1) is 5.82 Å². The molecular formula is C23H24Cl2FN5O. The Morgan fingerprint density at radius 1 is 1.03 bits per heavy atom. The molecule has 168 valence electrons. The standard InChI is InChI=1S/C23H24Cl2FN5O/c1-14(21-17(24)4-5-18(26)22(21)25)32-19-11-16(13-29-23(19)27)15-3-6-20(28-12-15)31-9-7-30(2)8-10-31/h3-6,11-14H,7-10H2,1-2H3,(H2,27,29). The first-order valence-electron chi connectivity index (χ1n) is 10.3. The van der Waals surface area contributed by atoms with Gasteiger partial charge in [0, 0.05) is 60.3 Å². The molecule has 3 heterocycles. The van der Waals surface area contributed by atoms with Gasteiger partial charge in [-0.3, -0.25) is 0 Å². The van der Waals surface area contributed by atoms with E-state index in [9.17, 15) is 4.39 Å². The minimum atomic E-state index is -0.636. The lowest BCUT2D eigenvalue weighted by atomic mass is 10.1. The average Bonchev–Trinajstić information content (AvgIpc) is 2.79. The number of nitrogen functional groups attached to an aromatic ring is 1. The molecule has 0 amide bonds. The van der Waals surface area contributed by atoms with Gasteiger partial charge in [0.05, 0.1) is 5.02 Å². The van der Waals surface area contributed by atoms with Crippen LogP contribution in [0.25, 0.3) is 11.1 Å². The third-order valence-electron chi connectivity index (χ3n) is 5.58. The van der Waals surface area contributed by atoms with Crippen molar-refractivity contribution < 1.29 is 9.13 Å². The fraction of sp³-hybridized carbons (Fsp3) is 0.304. The molecule has 6 nitrogen and oxygen atoms in total. The molecule has 1 unspecified atom stereocenters. The maximum atomic E-state index is 13.9. The highest BCUT2D eigenvalue weighted by Gasteiger charge is 2.20.